The van der Waals surface area contributed by atoms with Crippen molar-refractivity contribution in [3.63, 3.8) is 0 Å². The van der Waals surface area contributed by atoms with Crippen LogP contribution >= 0.6 is 15.9 Å². The number of ketones is 1. The summed E-state index contributed by atoms with van der Waals surface area (Å²) >= 11 is 3.29. The van der Waals surface area contributed by atoms with E-state index in [4.69, 9.17) is 5.73 Å². The Hall–Kier alpha value is -0.670. The highest BCUT2D eigenvalue weighted by atomic mass is 79.9. The van der Waals surface area contributed by atoms with E-state index in [2.05, 4.69) is 15.9 Å². The van der Waals surface area contributed by atoms with Crippen molar-refractivity contribution in [2.24, 2.45) is 5.73 Å². The van der Waals surface area contributed by atoms with Gasteiger partial charge >= 0.3 is 0 Å². The average molecular weight is 228 g/mol. The summed E-state index contributed by atoms with van der Waals surface area (Å²) in [6.45, 7) is 1.68. The quantitative estimate of drug-likeness (QED) is 0.786. The first kappa shape index (κ1) is 9.42. The van der Waals surface area contributed by atoms with Gasteiger partial charge in [-0.1, -0.05) is 28.1 Å². The van der Waals surface area contributed by atoms with E-state index in [1.165, 1.54) is 0 Å². The topological polar surface area (TPSA) is 43.1 Å². The molecule has 0 amide bonds. The number of halogens is 1. The molecule has 0 spiro atoms. The van der Waals surface area contributed by atoms with Crippen molar-refractivity contribution >= 4 is 21.7 Å². The Morgan fingerprint density at radius 3 is 2.75 bits per heavy atom. The first-order chi connectivity index (χ1) is 5.61. The van der Waals surface area contributed by atoms with Crippen LogP contribution in [0.25, 0.3) is 0 Å². The zero-order valence-electron chi connectivity index (χ0n) is 6.75. The predicted molar refractivity (Wildman–Crippen MR) is 52.1 cm³/mol. The van der Waals surface area contributed by atoms with Crippen LogP contribution in [0.4, 0.5) is 0 Å². The maximum atomic E-state index is 11.4. The predicted octanol–water partition coefficient (Wildman–Crippen LogP) is 1.98. The van der Waals surface area contributed by atoms with Crippen molar-refractivity contribution < 1.29 is 4.79 Å². The second-order valence-corrected chi connectivity index (χ2v) is 3.58. The summed E-state index contributed by atoms with van der Waals surface area (Å²) in [6.07, 6.45) is 0. The van der Waals surface area contributed by atoms with Crippen LogP contribution in [0.5, 0.6) is 0 Å². The van der Waals surface area contributed by atoms with E-state index in [1.807, 2.05) is 12.1 Å². The summed E-state index contributed by atoms with van der Waals surface area (Å²) < 4.78 is 0.897. The summed E-state index contributed by atoms with van der Waals surface area (Å²) in [7, 11) is 0. The first-order valence-corrected chi connectivity index (χ1v) is 4.46. The number of nitrogens with two attached hydrogens (primary N) is 1. The molecule has 0 saturated heterocycles. The van der Waals surface area contributed by atoms with Crippen LogP contribution in [0.3, 0.4) is 0 Å². The maximum Gasteiger partial charge on any atom is 0.179 e. The first-order valence-electron chi connectivity index (χ1n) is 3.66. The molecule has 12 heavy (non-hydrogen) atoms. The molecule has 0 aliphatic carbocycles. The third-order valence-electron chi connectivity index (χ3n) is 1.52. The Balaban J connectivity index is 2.96. The summed E-state index contributed by atoms with van der Waals surface area (Å²) in [5.41, 5.74) is 6.11. The molecule has 1 rings (SSSR count). The van der Waals surface area contributed by atoms with Crippen molar-refractivity contribution in [3.8, 4) is 0 Å². The third kappa shape index (κ3) is 2.16. The van der Waals surface area contributed by atoms with Crippen molar-refractivity contribution in [3.05, 3.63) is 34.3 Å². The van der Waals surface area contributed by atoms with Gasteiger partial charge in [0.05, 0.1) is 6.04 Å². The van der Waals surface area contributed by atoms with E-state index in [0.29, 0.717) is 5.56 Å². The summed E-state index contributed by atoms with van der Waals surface area (Å²) in [5.74, 6) is -0.0312. The van der Waals surface area contributed by atoms with Gasteiger partial charge in [0.1, 0.15) is 0 Å². The standard InChI is InChI=1S/C9H10BrNO/c1-6(11)9(12)7-3-2-4-8(10)5-7/h2-6H,11H2,1H3. The molecule has 1 aromatic carbocycles. The zero-order valence-corrected chi connectivity index (χ0v) is 8.34. The molecule has 0 aromatic heterocycles. The fraction of sp³-hybridized carbons (Fsp3) is 0.222. The molecule has 64 valence electrons. The molecule has 0 bridgehead atoms. The number of Topliss-reactive ketones (excluding diaryl/α,β-unsaturated/α-hetero) is 1. The van der Waals surface area contributed by atoms with Gasteiger partial charge in [-0.25, -0.2) is 0 Å². The molecule has 0 heterocycles. The molecule has 0 radical (unpaired) electrons. The van der Waals surface area contributed by atoms with Gasteiger partial charge in [0.2, 0.25) is 0 Å². The van der Waals surface area contributed by atoms with Gasteiger partial charge in [-0.2, -0.15) is 0 Å². The van der Waals surface area contributed by atoms with Crippen LogP contribution in [-0.4, -0.2) is 11.8 Å². The Morgan fingerprint density at radius 2 is 2.25 bits per heavy atom. The lowest BCUT2D eigenvalue weighted by molar-refractivity contribution is 0.0968. The lowest BCUT2D eigenvalue weighted by Gasteiger charge is -2.03. The maximum absolute atomic E-state index is 11.4. The Bertz CT molecular complexity index is 296. The van der Waals surface area contributed by atoms with E-state index in [9.17, 15) is 4.79 Å². The second kappa shape index (κ2) is 3.83. The molecular weight excluding hydrogens is 218 g/mol. The molecule has 0 saturated carbocycles. The third-order valence-corrected chi connectivity index (χ3v) is 2.02. The van der Waals surface area contributed by atoms with Crippen LogP contribution in [0.2, 0.25) is 0 Å². The van der Waals surface area contributed by atoms with Gasteiger partial charge in [0, 0.05) is 10.0 Å². The molecule has 0 aliphatic rings. The summed E-state index contributed by atoms with van der Waals surface area (Å²) in [5, 5.41) is 0. The molecular formula is C9H10BrNO. The van der Waals surface area contributed by atoms with Crippen molar-refractivity contribution in [2.45, 2.75) is 13.0 Å². The smallest absolute Gasteiger partial charge is 0.179 e. The van der Waals surface area contributed by atoms with Crippen LogP contribution < -0.4 is 5.73 Å². The van der Waals surface area contributed by atoms with Gasteiger partial charge < -0.3 is 5.73 Å². The average Bonchev–Trinajstić information content (AvgIpc) is 2.03. The largest absolute Gasteiger partial charge is 0.321 e. The Labute approximate surface area is 79.9 Å². The minimum absolute atomic E-state index is 0.0312. The van der Waals surface area contributed by atoms with Gasteiger partial charge in [-0.05, 0) is 19.1 Å². The Morgan fingerprint density at radius 1 is 1.58 bits per heavy atom. The van der Waals surface area contributed by atoms with Crippen LogP contribution in [-0.2, 0) is 0 Å². The number of benzene rings is 1. The SMILES string of the molecule is CC(N)C(=O)c1cccc(Br)c1. The van der Waals surface area contributed by atoms with E-state index in [-0.39, 0.29) is 5.78 Å². The highest BCUT2D eigenvalue weighted by molar-refractivity contribution is 9.10. The van der Waals surface area contributed by atoms with Gasteiger partial charge in [0.15, 0.2) is 5.78 Å². The highest BCUT2D eigenvalue weighted by Gasteiger charge is 2.09. The molecule has 1 atom stereocenters. The van der Waals surface area contributed by atoms with Crippen LogP contribution in [0, 0.1) is 0 Å². The summed E-state index contributed by atoms with van der Waals surface area (Å²) in [4.78, 5) is 11.4. The second-order valence-electron chi connectivity index (χ2n) is 2.66. The van der Waals surface area contributed by atoms with E-state index >= 15 is 0 Å². The molecule has 2 nitrogen and oxygen atoms in total. The molecule has 1 aromatic rings. The number of hydrogen-bond donors (Lipinski definition) is 1. The normalized spacial score (nSPS) is 12.6. The lowest BCUT2D eigenvalue weighted by atomic mass is 10.1. The molecule has 0 fully saturated rings. The number of hydrogen-bond acceptors (Lipinski definition) is 2. The van der Waals surface area contributed by atoms with Gasteiger partial charge in [-0.3, -0.25) is 4.79 Å². The van der Waals surface area contributed by atoms with Crippen LogP contribution in [0.15, 0.2) is 28.7 Å². The fourth-order valence-electron chi connectivity index (χ4n) is 0.905. The zero-order chi connectivity index (χ0) is 9.14. The minimum Gasteiger partial charge on any atom is -0.321 e. The van der Waals surface area contributed by atoms with E-state index < -0.39 is 6.04 Å². The van der Waals surface area contributed by atoms with Gasteiger partial charge in [-0.15, -0.1) is 0 Å². The number of carbonyl (C=O) groups excluding carboxylic acids is 1. The molecule has 2 N–H and O–H groups in total. The summed E-state index contributed by atoms with van der Waals surface area (Å²) in [6, 6.07) is 6.79. The monoisotopic (exact) mass is 227 g/mol. The molecule has 0 aliphatic heterocycles. The van der Waals surface area contributed by atoms with Crippen molar-refractivity contribution in [2.75, 3.05) is 0 Å². The number of carbonyl (C=O) groups is 1. The number of rotatable bonds is 2. The van der Waals surface area contributed by atoms with Crippen molar-refractivity contribution in [1.82, 2.24) is 0 Å². The van der Waals surface area contributed by atoms with Gasteiger partial charge in [0.25, 0.3) is 0 Å². The van der Waals surface area contributed by atoms with Crippen molar-refractivity contribution in [1.29, 1.82) is 0 Å². The van der Waals surface area contributed by atoms with E-state index in [0.717, 1.165) is 4.47 Å². The lowest BCUT2D eigenvalue weighted by Crippen LogP contribution is -2.26. The van der Waals surface area contributed by atoms with Crippen LogP contribution in [0.1, 0.15) is 17.3 Å². The highest BCUT2D eigenvalue weighted by Crippen LogP contribution is 2.12. The van der Waals surface area contributed by atoms with E-state index in [1.54, 1.807) is 19.1 Å². The fourth-order valence-corrected chi connectivity index (χ4v) is 1.30. The molecule has 3 heteroatoms. The molecule has 1 unspecified atom stereocenters. The minimum atomic E-state index is -0.431. The Kier molecular flexibility index (Phi) is 3.00.